The number of aromatic hydroxyl groups is 1. The van der Waals surface area contributed by atoms with Gasteiger partial charge < -0.3 is 14.6 Å². The highest BCUT2D eigenvalue weighted by atomic mass is 32.1. The van der Waals surface area contributed by atoms with Gasteiger partial charge in [-0.25, -0.2) is 9.78 Å². The van der Waals surface area contributed by atoms with E-state index < -0.39 is 5.97 Å². The second-order valence-electron chi connectivity index (χ2n) is 5.50. The molecule has 0 bridgehead atoms. The van der Waals surface area contributed by atoms with Crippen molar-refractivity contribution in [3.8, 4) is 11.5 Å². The highest BCUT2D eigenvalue weighted by Crippen LogP contribution is 2.26. The number of carbonyl (C=O) groups excluding carboxylic acids is 1. The van der Waals surface area contributed by atoms with Crippen molar-refractivity contribution in [1.82, 2.24) is 14.6 Å². The maximum Gasteiger partial charge on any atom is 0.331 e. The summed E-state index contributed by atoms with van der Waals surface area (Å²) >= 11 is 1.33. The molecule has 1 N–H and O–H groups in total. The first-order valence-electron chi connectivity index (χ1n) is 8.10. The number of hydrogen-bond donors (Lipinski definition) is 1. The van der Waals surface area contributed by atoms with Gasteiger partial charge in [0.15, 0.2) is 11.5 Å². The summed E-state index contributed by atoms with van der Waals surface area (Å²) in [6, 6.07) is 5.99. The fourth-order valence-electron chi connectivity index (χ4n) is 2.27. The number of fused-ring (bicyclic) bond motifs is 1. The van der Waals surface area contributed by atoms with Crippen molar-refractivity contribution >= 4 is 28.3 Å². The lowest BCUT2D eigenvalue weighted by Gasteiger charge is -2.04. The van der Waals surface area contributed by atoms with E-state index in [4.69, 9.17) is 9.47 Å². The number of rotatable bonds is 6. The number of nitrogens with zero attached hydrogens (tertiary/aromatic N) is 3. The van der Waals surface area contributed by atoms with E-state index in [9.17, 15) is 14.7 Å². The lowest BCUT2D eigenvalue weighted by atomic mass is 10.2. The van der Waals surface area contributed by atoms with E-state index in [0.29, 0.717) is 28.4 Å². The molecule has 2 aromatic heterocycles. The van der Waals surface area contributed by atoms with Crippen LogP contribution in [-0.2, 0) is 22.6 Å². The molecule has 27 heavy (non-hydrogen) atoms. The molecular weight excluding hydrogens is 370 g/mol. The average Bonchev–Trinajstić information content (AvgIpc) is 3.09. The molecule has 0 fully saturated rings. The van der Waals surface area contributed by atoms with Gasteiger partial charge in [0, 0.05) is 12.1 Å². The Morgan fingerprint density at radius 3 is 2.93 bits per heavy atom. The number of carbonyl (C=O) groups is 1. The van der Waals surface area contributed by atoms with Gasteiger partial charge in [0.2, 0.25) is 4.96 Å². The zero-order chi connectivity index (χ0) is 19.4. The Balaban J connectivity index is 1.67. The summed E-state index contributed by atoms with van der Waals surface area (Å²) in [7, 11) is 1.44. The van der Waals surface area contributed by atoms with E-state index >= 15 is 0 Å². The van der Waals surface area contributed by atoms with Gasteiger partial charge in [0.1, 0.15) is 11.6 Å². The van der Waals surface area contributed by atoms with Gasteiger partial charge in [0.25, 0.3) is 5.56 Å². The Bertz CT molecular complexity index is 1070. The van der Waals surface area contributed by atoms with Crippen LogP contribution in [0.5, 0.6) is 11.5 Å². The summed E-state index contributed by atoms with van der Waals surface area (Å²) in [6.45, 7) is 1.83. The predicted octanol–water partition coefficient (Wildman–Crippen LogP) is 2.18. The SMILES string of the molecule is CCc1nn2c(=O)cc(COC(=O)C=Cc3ccc(O)c(OC)c3)nc2s1. The van der Waals surface area contributed by atoms with Crippen LogP contribution < -0.4 is 10.3 Å². The standard InChI is InChI=1S/C18H17N3O5S/c1-3-15-20-21-16(23)9-12(19-18(21)27-15)10-26-17(24)7-5-11-4-6-13(22)14(8-11)25-2/h4-9,22H,3,10H2,1-2H3. The quantitative estimate of drug-likeness (QED) is 0.511. The number of hydrogen-bond acceptors (Lipinski definition) is 8. The average molecular weight is 387 g/mol. The van der Waals surface area contributed by atoms with Crippen LogP contribution in [0.15, 0.2) is 35.1 Å². The molecule has 0 saturated carbocycles. The summed E-state index contributed by atoms with van der Waals surface area (Å²) in [5, 5.41) is 14.5. The van der Waals surface area contributed by atoms with E-state index in [2.05, 4.69) is 10.1 Å². The predicted molar refractivity (Wildman–Crippen MR) is 100 cm³/mol. The molecule has 9 heteroatoms. The molecule has 3 rings (SSSR count). The summed E-state index contributed by atoms with van der Waals surface area (Å²) in [4.78, 5) is 28.7. The smallest absolute Gasteiger partial charge is 0.331 e. The highest BCUT2D eigenvalue weighted by Gasteiger charge is 2.09. The number of aromatic nitrogens is 3. The van der Waals surface area contributed by atoms with Gasteiger partial charge in [-0.05, 0) is 30.2 Å². The molecule has 8 nitrogen and oxygen atoms in total. The zero-order valence-corrected chi connectivity index (χ0v) is 15.5. The molecule has 0 amide bonds. The fourth-order valence-corrected chi connectivity index (χ4v) is 3.13. The Morgan fingerprint density at radius 1 is 1.37 bits per heavy atom. The normalized spacial score (nSPS) is 11.2. The molecule has 0 saturated heterocycles. The minimum atomic E-state index is -0.581. The fraction of sp³-hybridized carbons (Fsp3) is 0.222. The summed E-state index contributed by atoms with van der Waals surface area (Å²) < 4.78 is 11.4. The van der Waals surface area contributed by atoms with Crippen LogP contribution in [-0.4, -0.2) is 32.8 Å². The van der Waals surface area contributed by atoms with E-state index in [-0.39, 0.29) is 17.9 Å². The third-order valence-corrected chi connectivity index (χ3v) is 4.67. The van der Waals surface area contributed by atoms with Crippen LogP contribution in [0.3, 0.4) is 0 Å². The number of benzene rings is 1. The zero-order valence-electron chi connectivity index (χ0n) is 14.7. The second-order valence-corrected chi connectivity index (χ2v) is 6.54. The summed E-state index contributed by atoms with van der Waals surface area (Å²) in [6.07, 6.45) is 3.50. The molecule has 3 aromatic rings. The van der Waals surface area contributed by atoms with Gasteiger partial charge in [-0.15, -0.1) is 0 Å². The molecule has 0 aliphatic carbocycles. The third-order valence-electron chi connectivity index (χ3n) is 3.62. The van der Waals surface area contributed by atoms with Gasteiger partial charge >= 0.3 is 5.97 Å². The van der Waals surface area contributed by atoms with E-state index in [0.717, 1.165) is 5.01 Å². The maximum absolute atomic E-state index is 12.1. The highest BCUT2D eigenvalue weighted by molar-refractivity contribution is 7.16. The molecule has 0 spiro atoms. The van der Waals surface area contributed by atoms with E-state index in [1.165, 1.54) is 47.2 Å². The first kappa shape index (κ1) is 18.6. The number of phenols is 1. The van der Waals surface area contributed by atoms with Crippen molar-refractivity contribution in [2.24, 2.45) is 0 Å². The first-order valence-corrected chi connectivity index (χ1v) is 8.92. The molecule has 2 heterocycles. The van der Waals surface area contributed by atoms with Crippen LogP contribution in [0.25, 0.3) is 11.0 Å². The largest absolute Gasteiger partial charge is 0.504 e. The van der Waals surface area contributed by atoms with Crippen LogP contribution >= 0.6 is 11.3 Å². The van der Waals surface area contributed by atoms with Crippen LogP contribution in [0.1, 0.15) is 23.2 Å². The number of methoxy groups -OCH3 is 1. The van der Waals surface area contributed by atoms with Gasteiger partial charge in [-0.2, -0.15) is 9.61 Å². The first-order chi connectivity index (χ1) is 13.0. The van der Waals surface area contributed by atoms with Crippen molar-refractivity contribution < 1.29 is 19.4 Å². The topological polar surface area (TPSA) is 103 Å². The maximum atomic E-state index is 12.1. The molecule has 0 aliphatic heterocycles. The Labute approximate surface area is 158 Å². The minimum absolute atomic E-state index is 0.0132. The Hall–Kier alpha value is -3.20. The summed E-state index contributed by atoms with van der Waals surface area (Å²) in [5.41, 5.74) is 0.712. The third kappa shape index (κ3) is 4.32. The second kappa shape index (κ2) is 8.00. The van der Waals surface area contributed by atoms with E-state index in [1.807, 2.05) is 6.92 Å². The van der Waals surface area contributed by atoms with E-state index in [1.54, 1.807) is 12.1 Å². The Kier molecular flexibility index (Phi) is 5.51. The number of ether oxygens (including phenoxy) is 2. The van der Waals surface area contributed by atoms with Gasteiger partial charge in [0.05, 0.1) is 12.8 Å². The minimum Gasteiger partial charge on any atom is -0.504 e. The molecule has 0 unspecified atom stereocenters. The number of esters is 1. The number of phenolic OH excluding ortho intramolecular Hbond substituents is 1. The lowest BCUT2D eigenvalue weighted by Crippen LogP contribution is -2.16. The molecule has 1 aromatic carbocycles. The van der Waals surface area contributed by atoms with Crippen LogP contribution in [0, 0.1) is 0 Å². The van der Waals surface area contributed by atoms with Gasteiger partial charge in [-0.1, -0.05) is 24.3 Å². The lowest BCUT2D eigenvalue weighted by molar-refractivity contribution is -0.139. The molecular formula is C18H17N3O5S. The van der Waals surface area contributed by atoms with Crippen molar-refractivity contribution in [2.45, 2.75) is 20.0 Å². The van der Waals surface area contributed by atoms with Crippen LogP contribution in [0.2, 0.25) is 0 Å². The van der Waals surface area contributed by atoms with Gasteiger partial charge in [-0.3, -0.25) is 4.79 Å². The van der Waals surface area contributed by atoms with Crippen molar-refractivity contribution in [3.63, 3.8) is 0 Å². The number of aryl methyl sites for hydroxylation is 1. The van der Waals surface area contributed by atoms with Crippen molar-refractivity contribution in [2.75, 3.05) is 7.11 Å². The molecule has 0 aliphatic rings. The Morgan fingerprint density at radius 2 is 2.19 bits per heavy atom. The molecule has 140 valence electrons. The monoisotopic (exact) mass is 387 g/mol. The van der Waals surface area contributed by atoms with Crippen LogP contribution in [0.4, 0.5) is 0 Å². The summed E-state index contributed by atoms with van der Waals surface area (Å²) in [5.74, 6) is -0.263. The molecule has 0 radical (unpaired) electrons. The van der Waals surface area contributed by atoms with Crippen molar-refractivity contribution in [1.29, 1.82) is 0 Å². The van der Waals surface area contributed by atoms with Crippen molar-refractivity contribution in [3.05, 3.63) is 57.0 Å². The molecule has 0 atom stereocenters.